The maximum atomic E-state index is 14.4. The fourth-order valence-electron chi connectivity index (χ4n) is 4.21. The number of aryl methyl sites for hydroxylation is 1. The van der Waals surface area contributed by atoms with Crippen molar-refractivity contribution >= 4 is 11.0 Å². The molecule has 1 saturated carbocycles. The third-order valence-electron chi connectivity index (χ3n) is 5.71. The van der Waals surface area contributed by atoms with Crippen LogP contribution < -0.4 is 10.5 Å². The Kier molecular flexibility index (Phi) is 4.64. The van der Waals surface area contributed by atoms with Gasteiger partial charge in [0.05, 0.1) is 23.3 Å². The van der Waals surface area contributed by atoms with Crippen LogP contribution in [0.5, 0.6) is 11.6 Å². The van der Waals surface area contributed by atoms with Gasteiger partial charge in [0.25, 0.3) is 0 Å². The third kappa shape index (κ3) is 3.41. The van der Waals surface area contributed by atoms with Gasteiger partial charge in [0.15, 0.2) is 5.75 Å². The van der Waals surface area contributed by atoms with Crippen LogP contribution in [-0.2, 0) is 7.05 Å². The molecule has 2 N–H and O–H groups in total. The minimum Gasteiger partial charge on any atom is -0.435 e. The second-order valence-corrected chi connectivity index (χ2v) is 7.81. The molecule has 0 aliphatic heterocycles. The minimum absolute atomic E-state index is 0.00246. The van der Waals surface area contributed by atoms with E-state index in [0.29, 0.717) is 28.2 Å². The van der Waals surface area contributed by atoms with Crippen LogP contribution in [0, 0.1) is 17.1 Å². The Balaban J connectivity index is 1.70. The SMILES string of the molecule is Cn1cc(Oc2ncnc3c2c(-c2ccc(C#N)c(F)c2)cn3[C@@H]2CC[C@@H](N)C2)cn1. The summed E-state index contributed by atoms with van der Waals surface area (Å²) < 4.78 is 24.2. The van der Waals surface area contributed by atoms with Crippen molar-refractivity contribution in [2.75, 3.05) is 0 Å². The average Bonchev–Trinajstić information content (AvgIpc) is 3.47. The topological polar surface area (TPSA) is 108 Å². The number of ether oxygens (including phenoxy) is 1. The van der Waals surface area contributed by atoms with Crippen molar-refractivity contribution in [1.82, 2.24) is 24.3 Å². The zero-order valence-electron chi connectivity index (χ0n) is 16.9. The highest BCUT2D eigenvalue weighted by Gasteiger charge is 2.27. The maximum Gasteiger partial charge on any atom is 0.232 e. The van der Waals surface area contributed by atoms with E-state index in [1.54, 1.807) is 30.2 Å². The highest BCUT2D eigenvalue weighted by Crippen LogP contribution is 2.41. The van der Waals surface area contributed by atoms with Gasteiger partial charge in [-0.2, -0.15) is 10.4 Å². The van der Waals surface area contributed by atoms with E-state index < -0.39 is 5.82 Å². The third-order valence-corrected chi connectivity index (χ3v) is 5.71. The summed E-state index contributed by atoms with van der Waals surface area (Å²) in [6, 6.07) is 6.76. The summed E-state index contributed by atoms with van der Waals surface area (Å²) in [7, 11) is 1.80. The highest BCUT2D eigenvalue weighted by atomic mass is 19.1. The Bertz CT molecular complexity index is 1320. The largest absolute Gasteiger partial charge is 0.435 e. The van der Waals surface area contributed by atoms with Gasteiger partial charge < -0.3 is 15.0 Å². The molecule has 5 rings (SSSR count). The van der Waals surface area contributed by atoms with Crippen molar-refractivity contribution in [3.05, 3.63) is 54.5 Å². The Morgan fingerprint density at radius 1 is 1.26 bits per heavy atom. The number of hydrogen-bond acceptors (Lipinski definition) is 6. The molecule has 0 radical (unpaired) electrons. The number of halogens is 1. The molecule has 1 fully saturated rings. The second kappa shape index (κ2) is 7.49. The summed E-state index contributed by atoms with van der Waals surface area (Å²) >= 11 is 0. The first kappa shape index (κ1) is 19.2. The van der Waals surface area contributed by atoms with Crippen molar-refractivity contribution in [3.8, 4) is 28.8 Å². The molecule has 156 valence electrons. The van der Waals surface area contributed by atoms with Crippen LogP contribution in [0.15, 0.2) is 43.1 Å². The quantitative estimate of drug-likeness (QED) is 0.543. The Morgan fingerprint density at radius 3 is 2.81 bits per heavy atom. The Labute approximate surface area is 177 Å². The Morgan fingerprint density at radius 2 is 2.13 bits per heavy atom. The van der Waals surface area contributed by atoms with E-state index in [2.05, 4.69) is 19.6 Å². The lowest BCUT2D eigenvalue weighted by Crippen LogP contribution is -2.15. The molecule has 0 unspecified atom stereocenters. The molecule has 4 aromatic rings. The monoisotopic (exact) mass is 417 g/mol. The lowest BCUT2D eigenvalue weighted by Gasteiger charge is -2.13. The van der Waals surface area contributed by atoms with Gasteiger partial charge in [-0.3, -0.25) is 4.68 Å². The van der Waals surface area contributed by atoms with E-state index in [1.165, 1.54) is 18.5 Å². The number of aromatic nitrogens is 5. The molecule has 0 spiro atoms. The van der Waals surface area contributed by atoms with E-state index in [-0.39, 0.29) is 17.6 Å². The van der Waals surface area contributed by atoms with Crippen LogP contribution in [0.1, 0.15) is 30.9 Å². The van der Waals surface area contributed by atoms with E-state index in [4.69, 9.17) is 15.7 Å². The predicted octanol–water partition coefficient (Wildman–Crippen LogP) is 3.69. The molecule has 9 heteroatoms. The minimum atomic E-state index is -0.574. The number of nitrogens with zero attached hydrogens (tertiary/aromatic N) is 6. The zero-order valence-corrected chi connectivity index (χ0v) is 16.9. The smallest absolute Gasteiger partial charge is 0.232 e. The molecule has 3 aromatic heterocycles. The van der Waals surface area contributed by atoms with Crippen LogP contribution in [0.2, 0.25) is 0 Å². The van der Waals surface area contributed by atoms with E-state index in [1.807, 2.05) is 12.3 Å². The van der Waals surface area contributed by atoms with Gasteiger partial charge >= 0.3 is 0 Å². The number of hydrogen-bond donors (Lipinski definition) is 1. The predicted molar refractivity (Wildman–Crippen MR) is 112 cm³/mol. The van der Waals surface area contributed by atoms with Gasteiger partial charge in [-0.25, -0.2) is 14.4 Å². The van der Waals surface area contributed by atoms with Gasteiger partial charge in [-0.1, -0.05) is 6.07 Å². The molecule has 1 aliphatic rings. The lowest BCUT2D eigenvalue weighted by atomic mass is 10.0. The molecule has 1 aromatic carbocycles. The van der Waals surface area contributed by atoms with Crippen molar-refractivity contribution in [3.63, 3.8) is 0 Å². The van der Waals surface area contributed by atoms with E-state index in [0.717, 1.165) is 24.8 Å². The molecule has 8 nitrogen and oxygen atoms in total. The van der Waals surface area contributed by atoms with Gasteiger partial charge in [0.2, 0.25) is 5.88 Å². The summed E-state index contributed by atoms with van der Waals surface area (Å²) in [5, 5.41) is 13.9. The van der Waals surface area contributed by atoms with Crippen LogP contribution >= 0.6 is 0 Å². The molecular formula is C22H20FN7O. The van der Waals surface area contributed by atoms with E-state index in [9.17, 15) is 4.39 Å². The number of rotatable bonds is 4. The lowest BCUT2D eigenvalue weighted by molar-refractivity contribution is 0.467. The summed E-state index contributed by atoms with van der Waals surface area (Å²) in [5.41, 5.74) is 8.20. The van der Waals surface area contributed by atoms with Gasteiger partial charge in [-0.15, -0.1) is 0 Å². The van der Waals surface area contributed by atoms with Crippen molar-refractivity contribution in [2.24, 2.45) is 12.8 Å². The average molecular weight is 417 g/mol. The number of nitriles is 1. The molecule has 1 aliphatic carbocycles. The first-order valence-electron chi connectivity index (χ1n) is 10.0. The van der Waals surface area contributed by atoms with Gasteiger partial charge in [0, 0.05) is 30.9 Å². The van der Waals surface area contributed by atoms with Crippen LogP contribution in [-0.4, -0.2) is 30.4 Å². The summed E-state index contributed by atoms with van der Waals surface area (Å²) in [4.78, 5) is 8.88. The molecular weight excluding hydrogens is 397 g/mol. The summed E-state index contributed by atoms with van der Waals surface area (Å²) in [6.07, 6.45) is 9.48. The number of nitrogens with two attached hydrogens (primary N) is 1. The van der Waals surface area contributed by atoms with Crippen LogP contribution in [0.4, 0.5) is 4.39 Å². The maximum absolute atomic E-state index is 14.4. The van der Waals surface area contributed by atoms with E-state index >= 15 is 0 Å². The fraction of sp³-hybridized carbons (Fsp3) is 0.273. The molecule has 0 bridgehead atoms. The van der Waals surface area contributed by atoms with Crippen LogP contribution in [0.25, 0.3) is 22.2 Å². The number of benzene rings is 1. The highest BCUT2D eigenvalue weighted by molar-refractivity contribution is 5.98. The normalized spacial score (nSPS) is 18.4. The molecule has 3 heterocycles. The van der Waals surface area contributed by atoms with Crippen molar-refractivity contribution in [2.45, 2.75) is 31.3 Å². The Hall–Kier alpha value is -3.77. The molecule has 31 heavy (non-hydrogen) atoms. The van der Waals surface area contributed by atoms with Crippen molar-refractivity contribution in [1.29, 1.82) is 5.26 Å². The summed E-state index contributed by atoms with van der Waals surface area (Å²) in [5.74, 6) is 0.323. The van der Waals surface area contributed by atoms with Crippen molar-refractivity contribution < 1.29 is 9.13 Å². The van der Waals surface area contributed by atoms with Crippen LogP contribution in [0.3, 0.4) is 0 Å². The van der Waals surface area contributed by atoms with Gasteiger partial charge in [-0.05, 0) is 37.0 Å². The molecule has 0 saturated heterocycles. The number of fused-ring (bicyclic) bond motifs is 1. The second-order valence-electron chi connectivity index (χ2n) is 7.81. The first-order valence-corrected chi connectivity index (χ1v) is 10.0. The molecule has 0 amide bonds. The molecule has 2 atom stereocenters. The summed E-state index contributed by atoms with van der Waals surface area (Å²) in [6.45, 7) is 0. The van der Waals surface area contributed by atoms with Gasteiger partial charge in [0.1, 0.15) is 23.9 Å². The zero-order chi connectivity index (χ0) is 21.5. The fourth-order valence-corrected chi connectivity index (χ4v) is 4.21. The standard InChI is InChI=1S/C22H20FN7O/c1-29-10-17(9-28-29)31-22-20-18(13-2-3-14(8-24)19(23)6-13)11-30(21(20)26-12-27-22)16-5-4-15(25)7-16/h2-3,6,9-12,15-16H,4-5,7,25H2,1H3/t15-,16-/m1/s1. The first-order chi connectivity index (χ1) is 15.0.